The van der Waals surface area contributed by atoms with Crippen LogP contribution in [-0.4, -0.2) is 78.4 Å². The molecule has 1 atom stereocenters. The third-order valence-electron chi connectivity index (χ3n) is 4.17. The number of carboxylic acids is 2. The van der Waals surface area contributed by atoms with Crippen LogP contribution in [-0.2, 0) is 35.5 Å². The van der Waals surface area contributed by atoms with Gasteiger partial charge in [0.1, 0.15) is 30.3 Å². The molecule has 0 fully saturated rings. The Hall–Kier alpha value is -5.00. The quantitative estimate of drug-likeness (QED) is 0.0709. The first kappa shape index (κ1) is 28.2. The third kappa shape index (κ3) is 8.62. The molecule has 37 heavy (non-hydrogen) atoms. The molecule has 7 N–H and O–H groups in total. The number of carbonyl (C=O) groups is 4. The number of nitrogens with two attached hydrogens (primary N) is 1. The smallest absolute Gasteiger partial charge is 0.353 e. The Morgan fingerprint density at radius 3 is 2.57 bits per heavy atom. The van der Waals surface area contributed by atoms with E-state index in [-0.39, 0.29) is 22.8 Å². The van der Waals surface area contributed by atoms with Gasteiger partial charge in [-0.25, -0.2) is 9.78 Å². The van der Waals surface area contributed by atoms with Crippen LogP contribution in [0.25, 0.3) is 0 Å². The molecule has 2 aromatic rings. The molecular formula is C19H20N6O11S. The molecule has 0 aromatic carbocycles. The zero-order valence-corrected chi connectivity index (χ0v) is 19.5. The summed E-state index contributed by atoms with van der Waals surface area (Å²) in [5, 5.41) is 47.3. The summed E-state index contributed by atoms with van der Waals surface area (Å²) in [6.07, 6.45) is 0.0361. The van der Waals surface area contributed by atoms with Crippen LogP contribution in [0.15, 0.2) is 32.7 Å². The number of thiazole rings is 1. The topological polar surface area (TPSA) is 265 Å². The standard InChI is InChI=1S/C19H20N6O11S/c20-19-22-12(8-37-19)16(24-36-7-10-3-13(27)14(28)4-25(10)34)17(31)21-9(5-26)6-35-23-11(18(32)33)1-2-15(29)30/h3-5,8-9,28,34H,1-2,6-7H2,(H2,20,22)(H,21,31)(H,29,30)(H,32,33)/b23-11+,24-16-/t9-/m1/s1. The van der Waals surface area contributed by atoms with Gasteiger partial charge in [0.25, 0.3) is 5.91 Å². The first-order valence-electron chi connectivity index (χ1n) is 9.97. The Morgan fingerprint density at radius 1 is 1.24 bits per heavy atom. The monoisotopic (exact) mass is 540 g/mol. The molecule has 17 nitrogen and oxygen atoms in total. The van der Waals surface area contributed by atoms with Crippen molar-refractivity contribution in [2.24, 2.45) is 10.3 Å². The molecule has 0 bridgehead atoms. The molecule has 2 heterocycles. The lowest BCUT2D eigenvalue weighted by Crippen LogP contribution is -2.43. The molecule has 0 aliphatic heterocycles. The Morgan fingerprint density at radius 2 is 1.97 bits per heavy atom. The van der Waals surface area contributed by atoms with Crippen LogP contribution >= 0.6 is 11.3 Å². The summed E-state index contributed by atoms with van der Waals surface area (Å²) in [4.78, 5) is 71.2. The van der Waals surface area contributed by atoms with Gasteiger partial charge >= 0.3 is 11.9 Å². The highest BCUT2D eigenvalue weighted by molar-refractivity contribution is 7.13. The molecule has 0 saturated carbocycles. The molecule has 0 spiro atoms. The van der Waals surface area contributed by atoms with Crippen molar-refractivity contribution in [2.75, 3.05) is 12.3 Å². The number of nitrogens with one attached hydrogen (secondary N) is 1. The fraction of sp³-hybridized carbons (Fsp3) is 0.263. The first-order valence-corrected chi connectivity index (χ1v) is 10.8. The van der Waals surface area contributed by atoms with Gasteiger partial charge in [-0.1, -0.05) is 10.3 Å². The predicted molar refractivity (Wildman–Crippen MR) is 123 cm³/mol. The molecule has 0 aliphatic carbocycles. The van der Waals surface area contributed by atoms with E-state index < -0.39 is 72.5 Å². The average Bonchev–Trinajstić information content (AvgIpc) is 3.26. The summed E-state index contributed by atoms with van der Waals surface area (Å²) in [6.45, 7) is -1.14. The average molecular weight is 540 g/mol. The summed E-state index contributed by atoms with van der Waals surface area (Å²) < 4.78 is 0.412. The lowest BCUT2D eigenvalue weighted by atomic mass is 10.2. The first-order chi connectivity index (χ1) is 17.5. The molecule has 1 amide bonds. The van der Waals surface area contributed by atoms with Gasteiger partial charge in [0.2, 0.25) is 5.43 Å². The van der Waals surface area contributed by atoms with Crippen LogP contribution < -0.4 is 16.5 Å². The lowest BCUT2D eigenvalue weighted by Gasteiger charge is -2.12. The molecule has 0 unspecified atom stereocenters. The number of pyridine rings is 1. The maximum Gasteiger partial charge on any atom is 0.353 e. The van der Waals surface area contributed by atoms with Crippen molar-refractivity contribution < 1.29 is 49.4 Å². The maximum atomic E-state index is 12.8. The number of aromatic hydroxyl groups is 1. The maximum absolute atomic E-state index is 12.8. The van der Waals surface area contributed by atoms with Gasteiger partial charge in [0.15, 0.2) is 28.9 Å². The molecule has 0 saturated heterocycles. The van der Waals surface area contributed by atoms with E-state index in [1.807, 2.05) is 0 Å². The Balaban J connectivity index is 2.13. The molecule has 2 aromatic heterocycles. The van der Waals surface area contributed by atoms with E-state index >= 15 is 0 Å². The van der Waals surface area contributed by atoms with Crippen molar-refractivity contribution in [3.05, 3.63) is 39.3 Å². The van der Waals surface area contributed by atoms with Gasteiger partial charge < -0.3 is 46.0 Å². The lowest BCUT2D eigenvalue weighted by molar-refractivity contribution is -0.136. The van der Waals surface area contributed by atoms with E-state index in [9.17, 15) is 34.3 Å². The number of anilines is 1. The zero-order valence-electron chi connectivity index (χ0n) is 18.6. The van der Waals surface area contributed by atoms with Crippen molar-refractivity contribution in [3.63, 3.8) is 0 Å². The second kappa shape index (κ2) is 13.2. The molecular weight excluding hydrogens is 520 g/mol. The fourth-order valence-corrected chi connectivity index (χ4v) is 2.94. The Kier molecular flexibility index (Phi) is 10.1. The number of hydrogen-bond acceptors (Lipinski definition) is 14. The van der Waals surface area contributed by atoms with Crippen molar-refractivity contribution in [3.8, 4) is 5.75 Å². The molecule has 0 aliphatic rings. The van der Waals surface area contributed by atoms with Crippen LogP contribution in [0.2, 0.25) is 0 Å². The van der Waals surface area contributed by atoms with Crippen molar-refractivity contribution in [2.45, 2.75) is 25.5 Å². The summed E-state index contributed by atoms with van der Waals surface area (Å²) in [6, 6.07) is -0.486. The molecule has 2 rings (SSSR count). The zero-order chi connectivity index (χ0) is 27.5. The summed E-state index contributed by atoms with van der Waals surface area (Å²) in [5.41, 5.74) is 3.55. The van der Waals surface area contributed by atoms with Crippen LogP contribution in [0.5, 0.6) is 5.75 Å². The minimum atomic E-state index is -1.53. The summed E-state index contributed by atoms with van der Waals surface area (Å²) in [7, 11) is 0. The number of oxime groups is 2. The van der Waals surface area contributed by atoms with Crippen molar-refractivity contribution in [1.82, 2.24) is 15.0 Å². The minimum absolute atomic E-state index is 0.0440. The highest BCUT2D eigenvalue weighted by Gasteiger charge is 2.22. The van der Waals surface area contributed by atoms with Crippen molar-refractivity contribution >= 4 is 52.0 Å². The Labute approximate surface area is 210 Å². The van der Waals surface area contributed by atoms with E-state index in [1.54, 1.807) is 0 Å². The number of aliphatic carboxylic acids is 2. The van der Waals surface area contributed by atoms with Gasteiger partial charge in [-0.2, -0.15) is 4.73 Å². The predicted octanol–water partition coefficient (Wildman–Crippen LogP) is -1.24. The highest BCUT2D eigenvalue weighted by Crippen LogP contribution is 2.13. The summed E-state index contributed by atoms with van der Waals surface area (Å²) >= 11 is 0.965. The van der Waals surface area contributed by atoms with Gasteiger partial charge in [0.05, 0.1) is 12.6 Å². The van der Waals surface area contributed by atoms with Crippen LogP contribution in [0, 0.1) is 0 Å². The number of hydrogen-bond donors (Lipinski definition) is 6. The fourth-order valence-electron chi connectivity index (χ4n) is 2.39. The number of nitrogen functional groups attached to an aromatic ring is 1. The number of carbonyl (C=O) groups excluding carboxylic acids is 2. The van der Waals surface area contributed by atoms with E-state index in [4.69, 9.17) is 25.6 Å². The summed E-state index contributed by atoms with van der Waals surface area (Å²) in [5.74, 6) is -4.48. The normalized spacial score (nSPS) is 12.4. The third-order valence-corrected chi connectivity index (χ3v) is 4.84. The molecule has 18 heteroatoms. The van der Waals surface area contributed by atoms with Gasteiger partial charge in [-0.3, -0.25) is 14.4 Å². The number of aromatic nitrogens is 2. The van der Waals surface area contributed by atoms with E-state index in [2.05, 4.69) is 20.6 Å². The number of amides is 1. The molecule has 0 radical (unpaired) electrons. The minimum Gasteiger partial charge on any atom is -0.503 e. The SMILES string of the molecule is Nc1nc(/C(=N/OCc2cc(=O)c(O)cn2O)C(=O)N[C@H](C=O)CO/N=C(\CCC(=O)O)C(=O)O)cs1. The molecule has 198 valence electrons. The number of carboxylic acid groups (broad SMARTS) is 2. The van der Waals surface area contributed by atoms with Crippen LogP contribution in [0.3, 0.4) is 0 Å². The van der Waals surface area contributed by atoms with Crippen molar-refractivity contribution in [1.29, 1.82) is 0 Å². The van der Waals surface area contributed by atoms with Crippen LogP contribution in [0.4, 0.5) is 5.13 Å². The van der Waals surface area contributed by atoms with E-state index in [0.717, 1.165) is 23.6 Å². The van der Waals surface area contributed by atoms with Gasteiger partial charge in [-0.05, 0) is 0 Å². The van der Waals surface area contributed by atoms with Crippen LogP contribution in [0.1, 0.15) is 24.2 Å². The van der Waals surface area contributed by atoms with Gasteiger partial charge in [0, 0.05) is 17.9 Å². The number of nitrogens with zero attached hydrogens (tertiary/aromatic N) is 4. The second-order valence-electron chi connectivity index (χ2n) is 6.89. The second-order valence-corrected chi connectivity index (χ2v) is 7.78. The largest absolute Gasteiger partial charge is 0.503 e. The number of rotatable bonds is 14. The number of aldehydes is 1. The Bertz CT molecular complexity index is 1290. The highest BCUT2D eigenvalue weighted by atomic mass is 32.1. The van der Waals surface area contributed by atoms with E-state index in [1.165, 1.54) is 5.38 Å². The van der Waals surface area contributed by atoms with E-state index in [0.29, 0.717) is 4.73 Å². The van der Waals surface area contributed by atoms with Gasteiger partial charge in [-0.15, -0.1) is 11.3 Å².